The number of nitrogens with zero attached hydrogens (tertiary/aromatic N) is 1. The molecule has 0 unspecified atom stereocenters. The number of benzene rings is 1. The van der Waals surface area contributed by atoms with Crippen LogP contribution >= 0.6 is 0 Å². The van der Waals surface area contributed by atoms with Gasteiger partial charge in [0.15, 0.2) is 0 Å². The molecule has 1 aromatic carbocycles. The predicted octanol–water partition coefficient (Wildman–Crippen LogP) is 2.02. The normalized spacial score (nSPS) is 17.2. The van der Waals surface area contributed by atoms with E-state index in [1.54, 1.807) is 13.0 Å². The summed E-state index contributed by atoms with van der Waals surface area (Å²) in [5.41, 5.74) is 1.07. The number of carbonyl (C=O) groups excluding carboxylic acids is 1. The summed E-state index contributed by atoms with van der Waals surface area (Å²) in [6, 6.07) is 4.45. The van der Waals surface area contributed by atoms with Crippen LogP contribution in [-0.4, -0.2) is 30.0 Å². The van der Waals surface area contributed by atoms with Crippen molar-refractivity contribution in [2.45, 2.75) is 32.7 Å². The van der Waals surface area contributed by atoms with Gasteiger partial charge in [0.2, 0.25) is 0 Å². The van der Waals surface area contributed by atoms with E-state index in [4.69, 9.17) is 0 Å². The van der Waals surface area contributed by atoms with E-state index in [0.717, 1.165) is 31.5 Å². The molecule has 21 heavy (non-hydrogen) atoms. The van der Waals surface area contributed by atoms with Crippen LogP contribution in [0.5, 0.6) is 0 Å². The molecule has 2 rings (SSSR count). The van der Waals surface area contributed by atoms with Crippen molar-refractivity contribution >= 4 is 11.6 Å². The summed E-state index contributed by atoms with van der Waals surface area (Å²) in [6.07, 6.45) is 2.07. The second-order valence-electron chi connectivity index (χ2n) is 5.61. The maximum absolute atomic E-state index is 12.3. The molecule has 0 radical (unpaired) electrons. The van der Waals surface area contributed by atoms with Gasteiger partial charge in [-0.25, -0.2) is 0 Å². The van der Waals surface area contributed by atoms with Crippen LogP contribution in [0.1, 0.15) is 35.7 Å². The van der Waals surface area contributed by atoms with E-state index in [2.05, 4.69) is 10.6 Å². The molecular formula is C15H21N3O3. The molecule has 1 atom stereocenters. The molecule has 1 aliphatic rings. The number of aryl methyl sites for hydroxylation is 1. The number of nitro groups is 1. The van der Waals surface area contributed by atoms with E-state index in [-0.39, 0.29) is 17.6 Å². The Labute approximate surface area is 124 Å². The fourth-order valence-corrected chi connectivity index (χ4v) is 2.71. The molecule has 1 saturated heterocycles. The highest BCUT2D eigenvalue weighted by molar-refractivity contribution is 5.96. The van der Waals surface area contributed by atoms with Gasteiger partial charge in [-0.3, -0.25) is 14.9 Å². The maximum atomic E-state index is 12.3. The van der Waals surface area contributed by atoms with Crippen LogP contribution in [0.3, 0.4) is 0 Å². The van der Waals surface area contributed by atoms with Gasteiger partial charge in [-0.1, -0.05) is 6.07 Å². The van der Waals surface area contributed by atoms with Crippen molar-refractivity contribution in [1.29, 1.82) is 0 Å². The third-order valence-corrected chi connectivity index (χ3v) is 4.13. The van der Waals surface area contributed by atoms with E-state index in [0.29, 0.717) is 11.5 Å². The monoisotopic (exact) mass is 291 g/mol. The largest absolute Gasteiger partial charge is 0.349 e. The van der Waals surface area contributed by atoms with Crippen LogP contribution < -0.4 is 10.6 Å². The quantitative estimate of drug-likeness (QED) is 0.656. The van der Waals surface area contributed by atoms with Crippen molar-refractivity contribution in [3.63, 3.8) is 0 Å². The average Bonchev–Trinajstić information content (AvgIpc) is 2.48. The number of amides is 1. The van der Waals surface area contributed by atoms with Gasteiger partial charge in [0.25, 0.3) is 11.6 Å². The van der Waals surface area contributed by atoms with Crippen molar-refractivity contribution in [1.82, 2.24) is 10.6 Å². The molecule has 0 bridgehead atoms. The molecule has 6 heteroatoms. The first-order chi connectivity index (χ1) is 9.99. The first kappa shape index (κ1) is 15.4. The lowest BCUT2D eigenvalue weighted by Gasteiger charge is -2.29. The second kappa shape index (κ2) is 6.67. The first-order valence-corrected chi connectivity index (χ1v) is 7.25. The molecule has 0 aromatic heterocycles. The fourth-order valence-electron chi connectivity index (χ4n) is 2.71. The van der Waals surface area contributed by atoms with Crippen LogP contribution in [0.4, 0.5) is 5.69 Å². The third kappa shape index (κ3) is 3.78. The van der Waals surface area contributed by atoms with Crippen molar-refractivity contribution in [3.05, 3.63) is 39.4 Å². The zero-order chi connectivity index (χ0) is 15.4. The Morgan fingerprint density at radius 1 is 1.43 bits per heavy atom. The van der Waals surface area contributed by atoms with Gasteiger partial charge in [-0.15, -0.1) is 0 Å². The fraction of sp³-hybridized carbons (Fsp3) is 0.533. The Bertz CT molecular complexity index is 539. The number of hydrogen-bond acceptors (Lipinski definition) is 4. The number of carbonyl (C=O) groups is 1. The summed E-state index contributed by atoms with van der Waals surface area (Å²) in [5.74, 6) is 0.219. The smallest absolute Gasteiger partial charge is 0.270 e. The highest BCUT2D eigenvalue weighted by atomic mass is 16.6. The maximum Gasteiger partial charge on any atom is 0.270 e. The minimum absolute atomic E-state index is 0.0553. The Balaban J connectivity index is 2.08. The average molecular weight is 291 g/mol. The van der Waals surface area contributed by atoms with Crippen molar-refractivity contribution in [2.24, 2.45) is 5.92 Å². The van der Waals surface area contributed by atoms with Gasteiger partial charge in [0, 0.05) is 23.7 Å². The molecule has 114 valence electrons. The van der Waals surface area contributed by atoms with Gasteiger partial charge >= 0.3 is 0 Å². The summed E-state index contributed by atoms with van der Waals surface area (Å²) >= 11 is 0. The van der Waals surface area contributed by atoms with E-state index in [1.165, 1.54) is 12.1 Å². The Morgan fingerprint density at radius 2 is 2.10 bits per heavy atom. The highest BCUT2D eigenvalue weighted by Crippen LogP contribution is 2.19. The van der Waals surface area contributed by atoms with Crippen LogP contribution in [0, 0.1) is 23.0 Å². The summed E-state index contributed by atoms with van der Waals surface area (Å²) < 4.78 is 0. The predicted molar refractivity (Wildman–Crippen MR) is 80.4 cm³/mol. The summed E-state index contributed by atoms with van der Waals surface area (Å²) in [7, 11) is 0. The lowest BCUT2D eigenvalue weighted by Crippen LogP contribution is -2.42. The molecule has 6 nitrogen and oxygen atoms in total. The molecule has 2 N–H and O–H groups in total. The highest BCUT2D eigenvalue weighted by Gasteiger charge is 2.23. The minimum atomic E-state index is -0.480. The molecule has 0 aliphatic carbocycles. The van der Waals surface area contributed by atoms with E-state index in [9.17, 15) is 14.9 Å². The standard InChI is InChI=1S/C15H21N3O3/c1-10-3-4-13(18(20)21)9-14(10)15(19)17-11(2)12-5-7-16-8-6-12/h3-4,9,11-12,16H,5-8H2,1-2H3,(H,17,19)/t11-/m1/s1. The number of hydrogen-bond donors (Lipinski definition) is 2. The second-order valence-corrected chi connectivity index (χ2v) is 5.61. The van der Waals surface area contributed by atoms with E-state index >= 15 is 0 Å². The van der Waals surface area contributed by atoms with E-state index < -0.39 is 4.92 Å². The number of nitrogens with one attached hydrogen (secondary N) is 2. The molecule has 1 amide bonds. The van der Waals surface area contributed by atoms with Crippen molar-refractivity contribution in [3.8, 4) is 0 Å². The first-order valence-electron chi connectivity index (χ1n) is 7.25. The zero-order valence-electron chi connectivity index (χ0n) is 12.4. The van der Waals surface area contributed by atoms with Crippen LogP contribution in [0.2, 0.25) is 0 Å². The van der Waals surface area contributed by atoms with Crippen LogP contribution in [-0.2, 0) is 0 Å². The lowest BCUT2D eigenvalue weighted by molar-refractivity contribution is -0.384. The molecule has 1 aliphatic heterocycles. The Hall–Kier alpha value is -1.95. The number of rotatable bonds is 4. The molecule has 0 spiro atoms. The molecule has 0 saturated carbocycles. The zero-order valence-corrected chi connectivity index (χ0v) is 12.4. The van der Waals surface area contributed by atoms with Crippen LogP contribution in [0.15, 0.2) is 18.2 Å². The third-order valence-electron chi connectivity index (χ3n) is 4.13. The number of piperidine rings is 1. The summed E-state index contributed by atoms with van der Waals surface area (Å²) in [6.45, 7) is 5.73. The van der Waals surface area contributed by atoms with Gasteiger partial charge in [0.1, 0.15) is 0 Å². The molecule has 1 fully saturated rings. The van der Waals surface area contributed by atoms with Crippen molar-refractivity contribution < 1.29 is 9.72 Å². The van der Waals surface area contributed by atoms with E-state index in [1.807, 2.05) is 6.92 Å². The van der Waals surface area contributed by atoms with Crippen LogP contribution in [0.25, 0.3) is 0 Å². The Kier molecular flexibility index (Phi) is 4.90. The summed E-state index contributed by atoms with van der Waals surface area (Å²) in [5, 5.41) is 17.1. The summed E-state index contributed by atoms with van der Waals surface area (Å²) in [4.78, 5) is 22.7. The van der Waals surface area contributed by atoms with Gasteiger partial charge in [-0.05, 0) is 51.3 Å². The molecule has 1 aromatic rings. The molecular weight excluding hydrogens is 270 g/mol. The topological polar surface area (TPSA) is 84.3 Å². The SMILES string of the molecule is Cc1ccc([N+](=O)[O-])cc1C(=O)N[C@H](C)C1CCNCC1. The lowest BCUT2D eigenvalue weighted by atomic mass is 9.91. The molecule has 1 heterocycles. The Morgan fingerprint density at radius 3 is 2.71 bits per heavy atom. The van der Waals surface area contributed by atoms with Gasteiger partial charge in [0.05, 0.1) is 4.92 Å². The van der Waals surface area contributed by atoms with Gasteiger partial charge < -0.3 is 10.6 Å². The number of non-ortho nitro benzene ring substituents is 1. The van der Waals surface area contributed by atoms with Crippen molar-refractivity contribution in [2.75, 3.05) is 13.1 Å². The minimum Gasteiger partial charge on any atom is -0.349 e. The van der Waals surface area contributed by atoms with Gasteiger partial charge in [-0.2, -0.15) is 0 Å². The number of nitro benzene ring substituents is 1.